The van der Waals surface area contributed by atoms with Gasteiger partial charge in [-0.15, -0.1) is 0 Å². The fraction of sp³-hybridized carbons (Fsp3) is 0.600. The molecule has 0 bridgehead atoms. The van der Waals surface area contributed by atoms with Crippen LogP contribution in [0.1, 0.15) is 35.8 Å². The number of aromatic nitrogens is 1. The van der Waals surface area contributed by atoms with Gasteiger partial charge in [0, 0.05) is 18.8 Å². The van der Waals surface area contributed by atoms with Crippen LogP contribution in [-0.2, 0) is 0 Å². The maximum absolute atomic E-state index is 11.6. The average molecular weight is 276 g/mol. The molecule has 1 fully saturated rings. The summed E-state index contributed by atoms with van der Waals surface area (Å²) in [7, 11) is 0. The van der Waals surface area contributed by atoms with Crippen molar-refractivity contribution in [1.29, 1.82) is 0 Å². The zero-order chi connectivity index (χ0) is 14.5. The lowest BCUT2D eigenvalue weighted by atomic mass is 9.99. The molecule has 3 N–H and O–H groups in total. The summed E-state index contributed by atoms with van der Waals surface area (Å²) >= 11 is 0. The third-order valence-electron chi connectivity index (χ3n) is 3.84. The van der Waals surface area contributed by atoms with Gasteiger partial charge in [-0.2, -0.15) is 0 Å². The number of anilines is 1. The second kappa shape index (κ2) is 6.70. The Morgan fingerprint density at radius 2 is 2.35 bits per heavy atom. The van der Waals surface area contributed by atoms with Gasteiger partial charge in [-0.3, -0.25) is 4.79 Å². The van der Waals surface area contributed by atoms with E-state index in [2.05, 4.69) is 22.1 Å². The van der Waals surface area contributed by atoms with Crippen molar-refractivity contribution in [3.05, 3.63) is 23.4 Å². The Kier molecular flexibility index (Phi) is 4.95. The minimum atomic E-state index is -0.410. The largest absolute Gasteiger partial charge is 0.365 e. The summed E-state index contributed by atoms with van der Waals surface area (Å²) in [4.78, 5) is 18.3. The Balaban J connectivity index is 2.21. The highest BCUT2D eigenvalue weighted by Crippen LogP contribution is 2.21. The topological polar surface area (TPSA) is 71.2 Å². The Morgan fingerprint density at radius 1 is 1.55 bits per heavy atom. The molecule has 110 valence electrons. The highest BCUT2D eigenvalue weighted by atomic mass is 16.1. The summed E-state index contributed by atoms with van der Waals surface area (Å²) in [5.74, 6) is 0.921. The van der Waals surface area contributed by atoms with Gasteiger partial charge in [-0.1, -0.05) is 0 Å². The van der Waals surface area contributed by atoms with Gasteiger partial charge in [-0.05, 0) is 57.8 Å². The number of hydrogen-bond donors (Lipinski definition) is 2. The van der Waals surface area contributed by atoms with Gasteiger partial charge in [0.2, 0.25) is 0 Å². The molecule has 0 spiro atoms. The lowest BCUT2D eigenvalue weighted by Gasteiger charge is -2.31. The Bertz CT molecular complexity index is 469. The molecule has 2 heterocycles. The van der Waals surface area contributed by atoms with Crippen molar-refractivity contribution in [2.75, 3.05) is 31.1 Å². The number of piperidine rings is 1. The number of primary amides is 1. The minimum absolute atomic E-state index is 0.410. The van der Waals surface area contributed by atoms with E-state index in [0.29, 0.717) is 11.5 Å². The fourth-order valence-electron chi connectivity index (χ4n) is 2.73. The van der Waals surface area contributed by atoms with Crippen LogP contribution >= 0.6 is 0 Å². The van der Waals surface area contributed by atoms with E-state index < -0.39 is 5.91 Å². The second-order valence-corrected chi connectivity index (χ2v) is 5.44. The Morgan fingerprint density at radius 3 is 2.95 bits per heavy atom. The number of carbonyl (C=O) groups excluding carboxylic acids is 1. The van der Waals surface area contributed by atoms with Crippen LogP contribution in [0.4, 0.5) is 5.82 Å². The van der Waals surface area contributed by atoms with Crippen LogP contribution in [0.25, 0.3) is 0 Å². The van der Waals surface area contributed by atoms with E-state index in [9.17, 15) is 4.79 Å². The summed E-state index contributed by atoms with van der Waals surface area (Å²) in [5.41, 5.74) is 6.89. The Hall–Kier alpha value is -1.62. The van der Waals surface area contributed by atoms with Crippen LogP contribution in [0.3, 0.4) is 0 Å². The molecule has 1 atom stereocenters. The van der Waals surface area contributed by atoms with Crippen molar-refractivity contribution in [2.24, 2.45) is 11.7 Å². The third-order valence-corrected chi connectivity index (χ3v) is 3.84. The van der Waals surface area contributed by atoms with Crippen LogP contribution in [0.15, 0.2) is 12.1 Å². The number of pyridine rings is 1. The second-order valence-electron chi connectivity index (χ2n) is 5.44. The van der Waals surface area contributed by atoms with Crippen molar-refractivity contribution >= 4 is 11.7 Å². The molecule has 5 heteroatoms. The molecule has 1 aliphatic heterocycles. The highest BCUT2D eigenvalue weighted by Gasteiger charge is 2.20. The van der Waals surface area contributed by atoms with Gasteiger partial charge in [0.25, 0.3) is 5.91 Å². The molecule has 1 amide bonds. The van der Waals surface area contributed by atoms with Crippen LogP contribution in [0.5, 0.6) is 0 Å². The van der Waals surface area contributed by atoms with Gasteiger partial charge in [0.1, 0.15) is 5.82 Å². The summed E-state index contributed by atoms with van der Waals surface area (Å²) in [5, 5.41) is 3.43. The van der Waals surface area contributed by atoms with E-state index in [1.54, 1.807) is 6.07 Å². The fourth-order valence-corrected chi connectivity index (χ4v) is 2.73. The standard InChI is InChI=1S/C15H24N4O/c1-3-19(10-12-5-4-8-17-9-12)15-13(14(16)20)7-6-11(2)18-15/h6-7,12,17H,3-5,8-10H2,1-2H3,(H2,16,20). The molecule has 0 saturated carbocycles. The molecular weight excluding hydrogens is 252 g/mol. The number of nitrogens with one attached hydrogen (secondary N) is 1. The normalized spacial score (nSPS) is 18.8. The maximum atomic E-state index is 11.6. The lowest BCUT2D eigenvalue weighted by molar-refractivity contribution is 0.100. The van der Waals surface area contributed by atoms with Crippen LogP contribution < -0.4 is 16.0 Å². The van der Waals surface area contributed by atoms with Gasteiger partial charge < -0.3 is 16.0 Å². The smallest absolute Gasteiger partial charge is 0.252 e. The monoisotopic (exact) mass is 276 g/mol. The number of aryl methyl sites for hydroxylation is 1. The van der Waals surface area contributed by atoms with Crippen LogP contribution in [0.2, 0.25) is 0 Å². The maximum Gasteiger partial charge on any atom is 0.252 e. The van der Waals surface area contributed by atoms with E-state index in [0.717, 1.165) is 37.7 Å². The van der Waals surface area contributed by atoms with Crippen molar-refractivity contribution in [3.8, 4) is 0 Å². The van der Waals surface area contributed by atoms with Crippen LogP contribution in [-0.4, -0.2) is 37.1 Å². The Labute approximate surface area is 120 Å². The first kappa shape index (κ1) is 14.8. The molecule has 0 radical (unpaired) electrons. The van der Waals surface area contributed by atoms with Gasteiger partial charge in [0.15, 0.2) is 0 Å². The number of amides is 1. The number of nitrogens with two attached hydrogens (primary N) is 1. The molecular formula is C15H24N4O. The zero-order valence-corrected chi connectivity index (χ0v) is 12.4. The first-order chi connectivity index (χ1) is 9.61. The zero-order valence-electron chi connectivity index (χ0n) is 12.4. The van der Waals surface area contributed by atoms with E-state index in [4.69, 9.17) is 5.73 Å². The quantitative estimate of drug-likeness (QED) is 0.850. The summed E-state index contributed by atoms with van der Waals surface area (Å²) in [6.45, 7) is 7.91. The molecule has 2 rings (SSSR count). The van der Waals surface area contributed by atoms with Crippen LogP contribution in [0, 0.1) is 12.8 Å². The van der Waals surface area contributed by atoms with Gasteiger partial charge in [0.05, 0.1) is 5.56 Å². The minimum Gasteiger partial charge on any atom is -0.365 e. The number of rotatable bonds is 5. The predicted octanol–water partition coefficient (Wildman–Crippen LogP) is 1.31. The van der Waals surface area contributed by atoms with Crippen molar-refractivity contribution in [1.82, 2.24) is 10.3 Å². The summed E-state index contributed by atoms with van der Waals surface area (Å²) in [6, 6.07) is 3.61. The first-order valence-electron chi connectivity index (χ1n) is 7.35. The molecule has 0 aromatic carbocycles. The number of carbonyl (C=O) groups is 1. The molecule has 20 heavy (non-hydrogen) atoms. The number of hydrogen-bond acceptors (Lipinski definition) is 4. The van der Waals surface area contributed by atoms with Crippen molar-refractivity contribution in [3.63, 3.8) is 0 Å². The highest BCUT2D eigenvalue weighted by molar-refractivity contribution is 5.97. The molecule has 1 saturated heterocycles. The SMILES string of the molecule is CCN(CC1CCCNC1)c1nc(C)ccc1C(N)=O. The van der Waals surface area contributed by atoms with Gasteiger partial charge >= 0.3 is 0 Å². The predicted molar refractivity (Wildman–Crippen MR) is 81.0 cm³/mol. The van der Waals surface area contributed by atoms with Crippen molar-refractivity contribution in [2.45, 2.75) is 26.7 Å². The van der Waals surface area contributed by atoms with E-state index in [1.807, 2.05) is 13.0 Å². The number of nitrogens with zero attached hydrogens (tertiary/aromatic N) is 2. The first-order valence-corrected chi connectivity index (χ1v) is 7.35. The van der Waals surface area contributed by atoms with E-state index in [-0.39, 0.29) is 0 Å². The average Bonchev–Trinajstić information content (AvgIpc) is 2.45. The lowest BCUT2D eigenvalue weighted by Crippen LogP contribution is -2.39. The molecule has 1 aromatic heterocycles. The molecule has 5 nitrogen and oxygen atoms in total. The molecule has 1 unspecified atom stereocenters. The van der Waals surface area contributed by atoms with E-state index in [1.165, 1.54) is 12.8 Å². The van der Waals surface area contributed by atoms with Gasteiger partial charge in [-0.25, -0.2) is 4.98 Å². The van der Waals surface area contributed by atoms with Crippen molar-refractivity contribution < 1.29 is 4.79 Å². The third kappa shape index (κ3) is 3.48. The molecule has 1 aromatic rings. The molecule has 1 aliphatic rings. The van der Waals surface area contributed by atoms with E-state index >= 15 is 0 Å². The molecule has 0 aliphatic carbocycles. The summed E-state index contributed by atoms with van der Waals surface area (Å²) < 4.78 is 0. The summed E-state index contributed by atoms with van der Waals surface area (Å²) in [6.07, 6.45) is 2.44.